The van der Waals surface area contributed by atoms with Gasteiger partial charge in [-0.3, -0.25) is 9.59 Å². The number of hydrogen-bond donors (Lipinski definition) is 0. The minimum absolute atomic E-state index is 0.00170. The number of fused-ring (bicyclic) bond motifs is 4. The van der Waals surface area contributed by atoms with Gasteiger partial charge in [0, 0.05) is 32.2 Å². The molecule has 2 aliphatic rings. The van der Waals surface area contributed by atoms with Gasteiger partial charge >= 0.3 is 12.4 Å². The van der Waals surface area contributed by atoms with Crippen molar-refractivity contribution in [2.24, 2.45) is 0 Å². The predicted octanol–water partition coefficient (Wildman–Crippen LogP) is 12.3. The fourth-order valence-electron chi connectivity index (χ4n) is 7.17. The second-order valence-electron chi connectivity index (χ2n) is 13.2. The lowest BCUT2D eigenvalue weighted by molar-refractivity contribution is -0.142. The Hall–Kier alpha value is -5.55. The lowest BCUT2D eigenvalue weighted by Crippen LogP contribution is -2.29. The van der Waals surface area contributed by atoms with E-state index in [1.54, 1.807) is 72.8 Å². The second kappa shape index (κ2) is 11.5. The van der Waals surface area contributed by atoms with Crippen molar-refractivity contribution in [3.63, 3.8) is 0 Å². The van der Waals surface area contributed by atoms with Crippen LogP contribution in [-0.4, -0.2) is 11.6 Å². The zero-order valence-electron chi connectivity index (χ0n) is 27.2. The summed E-state index contributed by atoms with van der Waals surface area (Å²) in [6.07, 6.45) is -8.52. The molecule has 1 aliphatic carbocycles. The van der Waals surface area contributed by atoms with Gasteiger partial charge in [-0.15, -0.1) is 11.3 Å². The van der Waals surface area contributed by atoms with E-state index in [0.717, 1.165) is 6.07 Å². The number of rotatable bonds is 3. The summed E-state index contributed by atoms with van der Waals surface area (Å²) in [5.41, 5.74) is -1.11. The maximum atomic E-state index is 15.1. The lowest BCUT2D eigenvalue weighted by atomic mass is 9.74. The first-order valence-corrected chi connectivity index (χ1v) is 16.8. The van der Waals surface area contributed by atoms with Gasteiger partial charge in [-0.05, 0) is 70.8 Å². The molecule has 0 bridgehead atoms. The molecule has 2 heterocycles. The highest BCUT2D eigenvalue weighted by Crippen LogP contribution is 2.57. The van der Waals surface area contributed by atoms with Crippen molar-refractivity contribution in [1.82, 2.24) is 0 Å². The standard InChI is InChI=1S/C41H24F7NO2S/c1-39(2)31-17-21(24-13-12-22(40(43,44)45)18-30(24)41(46,47)48)11-15-35(31)49(34-16-14-33(42)25-7-3-4-8-26(25)34)38-32(39)20-23(52-38)19-29-36(50)27-9-5-6-10-28(27)37(29)51/h3-20H,1-2H3. The number of allylic oxidation sites excluding steroid dienone is 1. The minimum Gasteiger partial charge on any atom is -0.301 e. The summed E-state index contributed by atoms with van der Waals surface area (Å²) in [5, 5.41) is 1.56. The molecule has 0 saturated heterocycles. The van der Waals surface area contributed by atoms with Crippen LogP contribution in [0.4, 0.5) is 47.1 Å². The number of Topliss-reactive ketones (excluding diaryl/α,β-unsaturated/α-hetero) is 2. The molecule has 11 heteroatoms. The van der Waals surface area contributed by atoms with Crippen molar-refractivity contribution >= 4 is 56.1 Å². The third-order valence-corrected chi connectivity index (χ3v) is 10.8. The molecule has 0 N–H and O–H groups in total. The monoisotopic (exact) mass is 727 g/mol. The second-order valence-corrected chi connectivity index (χ2v) is 14.3. The number of ketones is 2. The molecule has 3 nitrogen and oxygen atoms in total. The highest BCUT2D eigenvalue weighted by atomic mass is 32.1. The molecular formula is C41H24F7NO2S. The Bertz CT molecular complexity index is 2500. The van der Waals surface area contributed by atoms with Crippen LogP contribution in [0.15, 0.2) is 109 Å². The van der Waals surface area contributed by atoms with Gasteiger partial charge in [0.15, 0.2) is 11.6 Å². The zero-order chi connectivity index (χ0) is 36.9. The molecule has 0 atom stereocenters. The molecule has 0 radical (unpaired) electrons. The number of benzene rings is 5. The first kappa shape index (κ1) is 33.6. The van der Waals surface area contributed by atoms with Crippen LogP contribution >= 0.6 is 11.3 Å². The molecule has 6 aromatic rings. The van der Waals surface area contributed by atoms with E-state index in [1.165, 1.54) is 23.5 Å². The Balaban J connectivity index is 1.35. The Labute approximate surface area is 296 Å². The van der Waals surface area contributed by atoms with Crippen LogP contribution in [0.5, 0.6) is 0 Å². The fraction of sp³-hybridized carbons (Fsp3) is 0.122. The maximum Gasteiger partial charge on any atom is 0.417 e. The SMILES string of the molecule is CC1(C)c2cc(-c3ccc(C(F)(F)F)cc3C(F)(F)F)ccc2N(c2ccc(F)c3ccccc23)c2sc(C=C3C(=O)c4ccccc4C3=O)cc21. The van der Waals surface area contributed by atoms with Gasteiger partial charge in [0.2, 0.25) is 0 Å². The highest BCUT2D eigenvalue weighted by molar-refractivity contribution is 7.17. The van der Waals surface area contributed by atoms with E-state index < -0.39 is 51.8 Å². The number of alkyl halides is 6. The van der Waals surface area contributed by atoms with Crippen molar-refractivity contribution in [1.29, 1.82) is 0 Å². The van der Waals surface area contributed by atoms with Crippen LogP contribution < -0.4 is 4.90 Å². The van der Waals surface area contributed by atoms with E-state index >= 15 is 4.39 Å². The Morgan fingerprint density at radius 1 is 0.654 bits per heavy atom. The molecule has 0 fully saturated rings. The van der Waals surface area contributed by atoms with Gasteiger partial charge in [0.1, 0.15) is 10.8 Å². The summed E-state index contributed by atoms with van der Waals surface area (Å²) < 4.78 is 98.5. The molecule has 5 aromatic carbocycles. The third kappa shape index (κ3) is 5.17. The molecule has 0 spiro atoms. The van der Waals surface area contributed by atoms with E-state index in [9.17, 15) is 35.9 Å². The molecule has 8 rings (SSSR count). The molecule has 0 unspecified atom stereocenters. The van der Waals surface area contributed by atoms with Crippen molar-refractivity contribution < 1.29 is 40.3 Å². The predicted molar refractivity (Wildman–Crippen MR) is 187 cm³/mol. The number of nitrogens with zero attached hydrogens (tertiary/aromatic N) is 1. The van der Waals surface area contributed by atoms with E-state index in [2.05, 4.69) is 0 Å². The number of anilines is 3. The molecule has 52 heavy (non-hydrogen) atoms. The zero-order valence-corrected chi connectivity index (χ0v) is 28.0. The van der Waals surface area contributed by atoms with E-state index in [-0.39, 0.29) is 17.2 Å². The maximum absolute atomic E-state index is 15.1. The van der Waals surface area contributed by atoms with Gasteiger partial charge in [-0.25, -0.2) is 4.39 Å². The quantitative estimate of drug-likeness (QED) is 0.103. The summed E-state index contributed by atoms with van der Waals surface area (Å²) in [7, 11) is 0. The lowest BCUT2D eigenvalue weighted by Gasteiger charge is -2.40. The summed E-state index contributed by atoms with van der Waals surface area (Å²) in [6, 6.07) is 24.3. The van der Waals surface area contributed by atoms with Crippen molar-refractivity contribution in [2.75, 3.05) is 4.90 Å². The largest absolute Gasteiger partial charge is 0.417 e. The number of hydrogen-bond acceptors (Lipinski definition) is 4. The van der Waals surface area contributed by atoms with Gasteiger partial charge in [0.25, 0.3) is 0 Å². The topological polar surface area (TPSA) is 37.4 Å². The van der Waals surface area contributed by atoms with Crippen LogP contribution in [0.3, 0.4) is 0 Å². The fourth-order valence-corrected chi connectivity index (χ4v) is 8.46. The summed E-state index contributed by atoms with van der Waals surface area (Å²) in [4.78, 5) is 29.0. The number of thiophene rings is 1. The van der Waals surface area contributed by atoms with Crippen LogP contribution in [0.2, 0.25) is 0 Å². The van der Waals surface area contributed by atoms with E-state index in [0.29, 0.717) is 60.3 Å². The summed E-state index contributed by atoms with van der Waals surface area (Å²) in [5.74, 6) is -1.26. The number of halogens is 7. The van der Waals surface area contributed by atoms with Gasteiger partial charge in [-0.2, -0.15) is 26.3 Å². The smallest absolute Gasteiger partial charge is 0.301 e. The highest BCUT2D eigenvalue weighted by Gasteiger charge is 2.42. The first-order valence-electron chi connectivity index (χ1n) is 16.0. The van der Waals surface area contributed by atoms with E-state index in [1.807, 2.05) is 24.8 Å². The minimum atomic E-state index is -5.08. The van der Waals surface area contributed by atoms with Crippen molar-refractivity contribution in [2.45, 2.75) is 31.6 Å². The molecule has 0 amide bonds. The van der Waals surface area contributed by atoms with Crippen LogP contribution in [-0.2, 0) is 17.8 Å². The summed E-state index contributed by atoms with van der Waals surface area (Å²) >= 11 is 1.29. The number of carbonyl (C=O) groups is 2. The van der Waals surface area contributed by atoms with E-state index in [4.69, 9.17) is 0 Å². The van der Waals surface area contributed by atoms with Crippen molar-refractivity contribution in [3.05, 3.63) is 153 Å². The molecule has 260 valence electrons. The van der Waals surface area contributed by atoms with Gasteiger partial charge in [0.05, 0.1) is 28.1 Å². The first-order chi connectivity index (χ1) is 24.6. The third-order valence-electron chi connectivity index (χ3n) is 9.76. The molecular weight excluding hydrogens is 704 g/mol. The number of carbonyl (C=O) groups excluding carboxylic acids is 2. The van der Waals surface area contributed by atoms with Crippen molar-refractivity contribution in [3.8, 4) is 11.1 Å². The van der Waals surface area contributed by atoms with Crippen LogP contribution in [0.1, 0.15) is 61.7 Å². The van der Waals surface area contributed by atoms with Gasteiger partial charge in [-0.1, -0.05) is 74.5 Å². The normalized spacial score (nSPS) is 15.2. The molecule has 1 aromatic heterocycles. The Kier molecular flexibility index (Phi) is 7.41. The molecule has 0 saturated carbocycles. The average Bonchev–Trinajstić information content (AvgIpc) is 3.64. The molecule has 1 aliphatic heterocycles. The Morgan fingerprint density at radius 3 is 1.94 bits per heavy atom. The Morgan fingerprint density at radius 2 is 1.29 bits per heavy atom. The van der Waals surface area contributed by atoms with Gasteiger partial charge < -0.3 is 4.90 Å². The van der Waals surface area contributed by atoms with Crippen LogP contribution in [0, 0.1) is 5.82 Å². The summed E-state index contributed by atoms with van der Waals surface area (Å²) in [6.45, 7) is 3.74. The average molecular weight is 728 g/mol. The van der Waals surface area contributed by atoms with Crippen LogP contribution in [0.25, 0.3) is 28.0 Å².